The van der Waals surface area contributed by atoms with E-state index < -0.39 is 5.91 Å². The number of rotatable bonds is 8. The molecule has 0 aliphatic carbocycles. The average molecular weight is 420 g/mol. The van der Waals surface area contributed by atoms with Gasteiger partial charge in [-0.05, 0) is 31.2 Å². The number of aromatic nitrogens is 1. The van der Waals surface area contributed by atoms with Gasteiger partial charge in [0.05, 0.1) is 17.3 Å². The molecule has 29 heavy (non-hydrogen) atoms. The summed E-state index contributed by atoms with van der Waals surface area (Å²) in [7, 11) is 0. The Labute approximate surface area is 175 Å². The molecule has 1 aromatic heterocycles. The third-order valence-electron chi connectivity index (χ3n) is 4.72. The Morgan fingerprint density at radius 2 is 2.14 bits per heavy atom. The minimum absolute atomic E-state index is 0.0619. The van der Waals surface area contributed by atoms with Crippen LogP contribution in [0.15, 0.2) is 41.3 Å². The van der Waals surface area contributed by atoms with Gasteiger partial charge in [0.15, 0.2) is 11.6 Å². The van der Waals surface area contributed by atoms with E-state index in [4.69, 9.17) is 26.5 Å². The van der Waals surface area contributed by atoms with Crippen LogP contribution in [-0.4, -0.2) is 48.6 Å². The molecule has 1 aliphatic rings. The molecule has 0 unspecified atom stereocenters. The van der Waals surface area contributed by atoms with Gasteiger partial charge < -0.3 is 30.0 Å². The fraction of sp³-hybridized carbons (Fsp3) is 0.400. The maximum atomic E-state index is 12.3. The quantitative estimate of drug-likeness (QED) is 0.498. The molecule has 9 heteroatoms. The zero-order valence-electron chi connectivity index (χ0n) is 16.5. The second-order valence-electron chi connectivity index (χ2n) is 6.76. The molecule has 2 heterocycles. The molecule has 8 nitrogen and oxygen atoms in total. The normalized spacial score (nSPS) is 14.0. The third-order valence-corrected chi connectivity index (χ3v) is 5.05. The Hall–Kier alpha value is -2.87. The van der Waals surface area contributed by atoms with Crippen LogP contribution in [-0.2, 0) is 4.74 Å². The number of oxazole rings is 1. The summed E-state index contributed by atoms with van der Waals surface area (Å²) in [5.41, 5.74) is 6.99. The van der Waals surface area contributed by atoms with Gasteiger partial charge in [-0.1, -0.05) is 24.9 Å². The number of hydrogen-bond donors (Lipinski definition) is 2. The topological polar surface area (TPSA) is 96.9 Å². The van der Waals surface area contributed by atoms with E-state index in [2.05, 4.69) is 33.6 Å². The lowest BCUT2D eigenvalue weighted by Crippen LogP contribution is -2.46. The maximum absolute atomic E-state index is 12.3. The highest BCUT2D eigenvalue weighted by Crippen LogP contribution is 2.29. The maximum Gasteiger partial charge on any atom is 0.292 e. The molecule has 0 radical (unpaired) electrons. The van der Waals surface area contributed by atoms with E-state index in [9.17, 15) is 4.79 Å². The molecule has 3 N–H and O–H groups in total. The predicted molar refractivity (Wildman–Crippen MR) is 114 cm³/mol. The molecule has 1 saturated heterocycles. The van der Waals surface area contributed by atoms with Gasteiger partial charge in [-0.15, -0.1) is 0 Å². The largest absolute Gasteiger partial charge is 0.479 e. The molecular formula is C20H26ClN5O3. The van der Waals surface area contributed by atoms with Gasteiger partial charge in [-0.2, -0.15) is 4.98 Å². The molecule has 2 aromatic rings. The van der Waals surface area contributed by atoms with Crippen LogP contribution < -0.4 is 16.0 Å². The van der Waals surface area contributed by atoms with Gasteiger partial charge in [-0.3, -0.25) is 4.79 Å². The van der Waals surface area contributed by atoms with Gasteiger partial charge in [0.1, 0.15) is 6.26 Å². The fourth-order valence-corrected chi connectivity index (χ4v) is 3.19. The first-order valence-electron chi connectivity index (χ1n) is 9.61. The van der Waals surface area contributed by atoms with E-state index in [1.807, 2.05) is 12.1 Å². The number of benzene rings is 1. The minimum Gasteiger partial charge on any atom is -0.479 e. The van der Waals surface area contributed by atoms with E-state index in [0.29, 0.717) is 17.3 Å². The Morgan fingerprint density at radius 1 is 1.38 bits per heavy atom. The van der Waals surface area contributed by atoms with Crippen LogP contribution in [0.25, 0.3) is 0 Å². The van der Waals surface area contributed by atoms with Gasteiger partial charge in [0.2, 0.25) is 0 Å². The van der Waals surface area contributed by atoms with Crippen LogP contribution in [0.1, 0.15) is 30.3 Å². The van der Waals surface area contributed by atoms with Crippen LogP contribution in [0.4, 0.5) is 17.4 Å². The van der Waals surface area contributed by atoms with Crippen molar-refractivity contribution in [2.45, 2.75) is 19.8 Å². The number of nitrogens with one attached hydrogen (secondary N) is 1. The SMILES string of the molecule is C=C(OCCCC)N1CCN(c2ccc(Cl)c(NC(=O)c3coc(N)n3)c2)CC1. The molecule has 3 rings (SSSR count). The van der Waals surface area contributed by atoms with Crippen molar-refractivity contribution in [1.29, 1.82) is 0 Å². The molecule has 156 valence electrons. The summed E-state index contributed by atoms with van der Waals surface area (Å²) in [6.07, 6.45) is 3.33. The Kier molecular flexibility index (Phi) is 6.87. The minimum atomic E-state index is -0.435. The van der Waals surface area contributed by atoms with Crippen molar-refractivity contribution in [2.75, 3.05) is 48.7 Å². The van der Waals surface area contributed by atoms with Crippen LogP contribution in [0.2, 0.25) is 5.02 Å². The number of hydrogen-bond acceptors (Lipinski definition) is 7. The molecule has 0 atom stereocenters. The first kappa shape index (κ1) is 20.9. The number of unbranched alkanes of at least 4 members (excludes halogenated alkanes) is 1. The van der Waals surface area contributed by atoms with Crippen molar-refractivity contribution in [3.63, 3.8) is 0 Å². The van der Waals surface area contributed by atoms with Crippen molar-refractivity contribution in [2.24, 2.45) is 0 Å². The number of anilines is 3. The van der Waals surface area contributed by atoms with Crippen LogP contribution in [0.3, 0.4) is 0 Å². The number of carbonyl (C=O) groups is 1. The zero-order chi connectivity index (χ0) is 20.8. The zero-order valence-corrected chi connectivity index (χ0v) is 17.2. The van der Waals surface area contributed by atoms with Crippen molar-refractivity contribution in [3.05, 3.63) is 47.6 Å². The van der Waals surface area contributed by atoms with E-state index in [0.717, 1.165) is 50.6 Å². The molecule has 0 saturated carbocycles. The number of piperazine rings is 1. The summed E-state index contributed by atoms with van der Waals surface area (Å²) < 4.78 is 10.6. The van der Waals surface area contributed by atoms with Gasteiger partial charge in [-0.25, -0.2) is 0 Å². The Balaban J connectivity index is 1.60. The average Bonchev–Trinajstić information content (AvgIpc) is 3.16. The molecule has 1 aromatic carbocycles. The Morgan fingerprint density at radius 3 is 2.79 bits per heavy atom. The number of nitrogens with two attached hydrogens (primary N) is 1. The number of carbonyl (C=O) groups excluding carboxylic acids is 1. The molecule has 1 aliphatic heterocycles. The monoisotopic (exact) mass is 419 g/mol. The number of ether oxygens (including phenoxy) is 1. The van der Waals surface area contributed by atoms with Gasteiger partial charge >= 0.3 is 0 Å². The fourth-order valence-electron chi connectivity index (χ4n) is 3.02. The lowest BCUT2D eigenvalue weighted by molar-refractivity contribution is 0.102. The predicted octanol–water partition coefficient (Wildman–Crippen LogP) is 3.57. The van der Waals surface area contributed by atoms with Crippen molar-refractivity contribution in [1.82, 2.24) is 9.88 Å². The van der Waals surface area contributed by atoms with Crippen molar-refractivity contribution >= 4 is 34.9 Å². The number of nitrogen functional groups attached to an aromatic ring is 1. The highest BCUT2D eigenvalue weighted by Gasteiger charge is 2.20. The van der Waals surface area contributed by atoms with Crippen LogP contribution >= 0.6 is 11.6 Å². The molecule has 1 fully saturated rings. The van der Waals surface area contributed by atoms with E-state index in [1.165, 1.54) is 6.26 Å². The highest BCUT2D eigenvalue weighted by molar-refractivity contribution is 6.34. The van der Waals surface area contributed by atoms with E-state index in [1.54, 1.807) is 6.07 Å². The molecule has 0 bridgehead atoms. The summed E-state index contributed by atoms with van der Waals surface area (Å²) in [6, 6.07) is 5.50. The summed E-state index contributed by atoms with van der Waals surface area (Å²) in [5, 5.41) is 3.19. The molecular weight excluding hydrogens is 394 g/mol. The van der Waals surface area contributed by atoms with Gasteiger partial charge in [0.25, 0.3) is 11.9 Å². The lowest BCUT2D eigenvalue weighted by atomic mass is 10.2. The van der Waals surface area contributed by atoms with Crippen LogP contribution in [0, 0.1) is 0 Å². The van der Waals surface area contributed by atoms with Crippen molar-refractivity contribution in [3.8, 4) is 0 Å². The number of amides is 1. The standard InChI is InChI=1S/C20H26ClN5O3/c1-3-4-11-28-14(2)25-7-9-26(10-8-25)15-5-6-16(21)17(12-15)23-19(27)18-13-29-20(22)24-18/h5-6,12-13H,2-4,7-11H2,1H3,(H2,22,24)(H,23,27). The second kappa shape index (κ2) is 9.56. The van der Waals surface area contributed by atoms with E-state index >= 15 is 0 Å². The summed E-state index contributed by atoms with van der Waals surface area (Å²) in [6.45, 7) is 10.1. The number of halogens is 1. The Bertz CT molecular complexity index is 862. The van der Waals surface area contributed by atoms with Gasteiger partial charge in [0, 0.05) is 31.9 Å². The summed E-state index contributed by atoms with van der Waals surface area (Å²) >= 11 is 6.26. The smallest absolute Gasteiger partial charge is 0.292 e. The first-order valence-corrected chi connectivity index (χ1v) is 9.99. The first-order chi connectivity index (χ1) is 14.0. The third kappa shape index (κ3) is 5.35. The highest BCUT2D eigenvalue weighted by atomic mass is 35.5. The van der Waals surface area contributed by atoms with E-state index in [-0.39, 0.29) is 11.7 Å². The lowest BCUT2D eigenvalue weighted by Gasteiger charge is -2.37. The summed E-state index contributed by atoms with van der Waals surface area (Å²) in [4.78, 5) is 20.5. The molecule has 1 amide bonds. The number of nitrogens with zero attached hydrogens (tertiary/aromatic N) is 3. The summed E-state index contributed by atoms with van der Waals surface area (Å²) in [5.74, 6) is 0.295. The van der Waals surface area contributed by atoms with Crippen LogP contribution in [0.5, 0.6) is 0 Å². The van der Waals surface area contributed by atoms with Crippen molar-refractivity contribution < 1.29 is 13.9 Å². The molecule has 0 spiro atoms. The second-order valence-corrected chi connectivity index (χ2v) is 7.17.